The molecule has 3 nitrogen and oxygen atoms in total. The number of carbonyl (C=O) groups excluding carboxylic acids is 2. The maximum atomic E-state index is 10.6. The number of aldehydes is 2. The number of methoxy groups -OCH3 is 1. The molecule has 0 fully saturated rings. The molecule has 0 amide bonds. The lowest BCUT2D eigenvalue weighted by atomic mass is 10.0. The van der Waals surface area contributed by atoms with E-state index in [2.05, 4.69) is 0 Å². The predicted molar refractivity (Wildman–Crippen MR) is 48.5 cm³/mol. The summed E-state index contributed by atoms with van der Waals surface area (Å²) >= 11 is 0. The standard InChI is InChI=1S/C10H10O3/c1-7-8(5-11)3-4-9(6-12)10(7)13-2/h3-6H,1-2H3. The van der Waals surface area contributed by atoms with Crippen molar-refractivity contribution in [1.82, 2.24) is 0 Å². The molecule has 0 heterocycles. The number of hydrogen-bond donors (Lipinski definition) is 0. The summed E-state index contributed by atoms with van der Waals surface area (Å²) in [6.45, 7) is 1.75. The Kier molecular flexibility index (Phi) is 2.80. The van der Waals surface area contributed by atoms with Gasteiger partial charge in [-0.3, -0.25) is 9.59 Å². The van der Waals surface area contributed by atoms with E-state index < -0.39 is 0 Å². The number of ether oxygens (including phenoxy) is 1. The van der Waals surface area contributed by atoms with Gasteiger partial charge in [0.15, 0.2) is 6.29 Å². The zero-order valence-electron chi connectivity index (χ0n) is 7.53. The highest BCUT2D eigenvalue weighted by molar-refractivity contribution is 5.86. The Labute approximate surface area is 76.3 Å². The quantitative estimate of drug-likeness (QED) is 0.660. The van der Waals surface area contributed by atoms with Gasteiger partial charge in [0.2, 0.25) is 0 Å². The van der Waals surface area contributed by atoms with Gasteiger partial charge < -0.3 is 4.74 Å². The van der Waals surface area contributed by atoms with Crippen LogP contribution in [0, 0.1) is 6.92 Å². The van der Waals surface area contributed by atoms with E-state index in [1.807, 2.05) is 0 Å². The van der Waals surface area contributed by atoms with Crippen LogP contribution in [-0.4, -0.2) is 19.7 Å². The van der Waals surface area contributed by atoms with Gasteiger partial charge in [-0.1, -0.05) is 6.07 Å². The van der Waals surface area contributed by atoms with Gasteiger partial charge in [-0.05, 0) is 13.0 Å². The summed E-state index contributed by atoms with van der Waals surface area (Å²) in [5.74, 6) is 0.472. The maximum Gasteiger partial charge on any atom is 0.153 e. The van der Waals surface area contributed by atoms with Crippen molar-refractivity contribution in [1.29, 1.82) is 0 Å². The van der Waals surface area contributed by atoms with E-state index in [0.717, 1.165) is 6.29 Å². The highest BCUT2D eigenvalue weighted by Gasteiger charge is 2.08. The fourth-order valence-corrected chi connectivity index (χ4v) is 1.22. The molecule has 1 aromatic rings. The minimum Gasteiger partial charge on any atom is -0.496 e. The lowest BCUT2D eigenvalue weighted by Crippen LogP contribution is -1.97. The highest BCUT2D eigenvalue weighted by atomic mass is 16.5. The molecule has 0 aliphatic rings. The van der Waals surface area contributed by atoms with Crippen LogP contribution >= 0.6 is 0 Å². The Morgan fingerprint density at radius 2 is 1.69 bits per heavy atom. The zero-order chi connectivity index (χ0) is 9.84. The average molecular weight is 178 g/mol. The summed E-state index contributed by atoms with van der Waals surface area (Å²) < 4.78 is 5.02. The molecule has 68 valence electrons. The molecule has 1 aromatic carbocycles. The minimum absolute atomic E-state index is 0.464. The first-order valence-corrected chi connectivity index (χ1v) is 3.82. The van der Waals surface area contributed by atoms with Gasteiger partial charge in [-0.15, -0.1) is 0 Å². The lowest BCUT2D eigenvalue weighted by Gasteiger charge is -2.08. The molecule has 0 saturated carbocycles. The maximum absolute atomic E-state index is 10.6. The van der Waals surface area contributed by atoms with E-state index in [0.29, 0.717) is 28.7 Å². The molecular formula is C10H10O3. The third-order valence-electron chi connectivity index (χ3n) is 1.94. The van der Waals surface area contributed by atoms with Crippen molar-refractivity contribution in [3.05, 3.63) is 28.8 Å². The Hall–Kier alpha value is -1.64. The van der Waals surface area contributed by atoms with Gasteiger partial charge in [0.25, 0.3) is 0 Å². The second kappa shape index (κ2) is 3.85. The van der Waals surface area contributed by atoms with Crippen molar-refractivity contribution < 1.29 is 14.3 Å². The van der Waals surface area contributed by atoms with Crippen LogP contribution < -0.4 is 4.74 Å². The second-order valence-electron chi connectivity index (χ2n) is 2.64. The topological polar surface area (TPSA) is 43.4 Å². The monoisotopic (exact) mass is 178 g/mol. The van der Waals surface area contributed by atoms with E-state index in [1.54, 1.807) is 19.1 Å². The Bertz CT molecular complexity index is 342. The molecule has 0 spiro atoms. The van der Waals surface area contributed by atoms with Gasteiger partial charge in [-0.2, -0.15) is 0 Å². The van der Waals surface area contributed by atoms with Crippen LogP contribution in [0.5, 0.6) is 5.75 Å². The molecule has 0 aliphatic heterocycles. The number of rotatable bonds is 3. The smallest absolute Gasteiger partial charge is 0.153 e. The van der Waals surface area contributed by atoms with Gasteiger partial charge in [0, 0.05) is 11.1 Å². The van der Waals surface area contributed by atoms with E-state index in [4.69, 9.17) is 4.74 Å². The van der Waals surface area contributed by atoms with Crippen LogP contribution in [0.4, 0.5) is 0 Å². The van der Waals surface area contributed by atoms with Gasteiger partial charge in [-0.25, -0.2) is 0 Å². The molecule has 0 N–H and O–H groups in total. The minimum atomic E-state index is 0.464. The molecule has 0 unspecified atom stereocenters. The molecular weight excluding hydrogens is 168 g/mol. The zero-order valence-corrected chi connectivity index (χ0v) is 7.53. The van der Waals surface area contributed by atoms with Crippen LogP contribution in [-0.2, 0) is 0 Å². The van der Waals surface area contributed by atoms with E-state index in [1.165, 1.54) is 7.11 Å². The largest absolute Gasteiger partial charge is 0.496 e. The van der Waals surface area contributed by atoms with Gasteiger partial charge in [0.05, 0.1) is 12.7 Å². The van der Waals surface area contributed by atoms with Crippen LogP contribution in [0.15, 0.2) is 12.1 Å². The third-order valence-corrected chi connectivity index (χ3v) is 1.94. The highest BCUT2D eigenvalue weighted by Crippen LogP contribution is 2.24. The summed E-state index contributed by atoms with van der Waals surface area (Å²) in [6.07, 6.45) is 1.45. The first-order chi connectivity index (χ1) is 6.24. The van der Waals surface area contributed by atoms with Crippen LogP contribution in [0.2, 0.25) is 0 Å². The first-order valence-electron chi connectivity index (χ1n) is 3.82. The third kappa shape index (κ3) is 1.59. The predicted octanol–water partition coefficient (Wildman–Crippen LogP) is 1.63. The molecule has 0 saturated heterocycles. The van der Waals surface area contributed by atoms with Crippen molar-refractivity contribution in [2.24, 2.45) is 0 Å². The SMILES string of the molecule is COc1c(C=O)ccc(C=O)c1C. The van der Waals surface area contributed by atoms with Gasteiger partial charge >= 0.3 is 0 Å². The van der Waals surface area contributed by atoms with Crippen LogP contribution in [0.1, 0.15) is 26.3 Å². The van der Waals surface area contributed by atoms with Crippen molar-refractivity contribution in [3.63, 3.8) is 0 Å². The van der Waals surface area contributed by atoms with E-state index >= 15 is 0 Å². The fraction of sp³-hybridized carbons (Fsp3) is 0.200. The average Bonchev–Trinajstić information content (AvgIpc) is 2.17. The molecule has 0 atom stereocenters. The molecule has 13 heavy (non-hydrogen) atoms. The number of benzene rings is 1. The van der Waals surface area contributed by atoms with Gasteiger partial charge in [0.1, 0.15) is 12.0 Å². The van der Waals surface area contributed by atoms with Crippen molar-refractivity contribution in [3.8, 4) is 5.75 Å². The first kappa shape index (κ1) is 9.45. The van der Waals surface area contributed by atoms with Crippen LogP contribution in [0.3, 0.4) is 0 Å². The number of hydrogen-bond acceptors (Lipinski definition) is 3. The normalized spacial score (nSPS) is 9.38. The fourth-order valence-electron chi connectivity index (χ4n) is 1.22. The molecule has 0 radical (unpaired) electrons. The Morgan fingerprint density at radius 1 is 1.15 bits per heavy atom. The van der Waals surface area contributed by atoms with Crippen LogP contribution in [0.25, 0.3) is 0 Å². The van der Waals surface area contributed by atoms with Crippen molar-refractivity contribution in [2.45, 2.75) is 6.92 Å². The van der Waals surface area contributed by atoms with Crippen molar-refractivity contribution in [2.75, 3.05) is 7.11 Å². The summed E-state index contributed by atoms with van der Waals surface area (Å²) in [6, 6.07) is 3.18. The molecule has 0 bridgehead atoms. The summed E-state index contributed by atoms with van der Waals surface area (Å²) in [4.78, 5) is 21.1. The molecule has 3 heteroatoms. The van der Waals surface area contributed by atoms with E-state index in [-0.39, 0.29) is 0 Å². The van der Waals surface area contributed by atoms with Crippen molar-refractivity contribution >= 4 is 12.6 Å². The second-order valence-corrected chi connectivity index (χ2v) is 2.64. The Morgan fingerprint density at radius 3 is 2.15 bits per heavy atom. The summed E-state index contributed by atoms with van der Waals surface area (Å²) in [5, 5.41) is 0. The summed E-state index contributed by atoms with van der Waals surface area (Å²) in [7, 11) is 1.48. The number of carbonyl (C=O) groups is 2. The Balaban J connectivity index is 3.39. The molecule has 0 aromatic heterocycles. The van der Waals surface area contributed by atoms with E-state index in [9.17, 15) is 9.59 Å². The molecule has 1 rings (SSSR count). The lowest BCUT2D eigenvalue weighted by molar-refractivity contribution is 0.110. The summed E-state index contributed by atoms with van der Waals surface area (Å²) in [5.41, 5.74) is 1.70. The molecule has 0 aliphatic carbocycles.